The molecule has 1 aliphatic rings. The molecular formula is C22H18ClN3O4. The molecule has 2 N–H and O–H groups in total. The molecule has 0 radical (unpaired) electrons. The van der Waals surface area contributed by atoms with Crippen molar-refractivity contribution in [2.75, 3.05) is 25.1 Å². The van der Waals surface area contributed by atoms with Crippen LogP contribution in [0.5, 0.6) is 11.8 Å². The smallest absolute Gasteiger partial charge is 0.254 e. The van der Waals surface area contributed by atoms with Crippen LogP contribution < -0.4 is 9.64 Å². The second-order valence-corrected chi connectivity index (χ2v) is 7.58. The highest BCUT2D eigenvalue weighted by atomic mass is 35.5. The fourth-order valence-electron chi connectivity index (χ4n) is 3.66. The highest BCUT2D eigenvalue weighted by molar-refractivity contribution is 6.34. The summed E-state index contributed by atoms with van der Waals surface area (Å²) in [6, 6.07) is 13.0. The molecule has 4 aromatic rings. The Bertz CT molecular complexity index is 1260. The molecular weight excluding hydrogens is 406 g/mol. The lowest BCUT2D eigenvalue weighted by atomic mass is 10.00. The maximum atomic E-state index is 13.0. The van der Waals surface area contributed by atoms with Crippen molar-refractivity contribution in [1.29, 1.82) is 0 Å². The van der Waals surface area contributed by atoms with Gasteiger partial charge in [-0.15, -0.1) is 0 Å². The summed E-state index contributed by atoms with van der Waals surface area (Å²) in [7, 11) is 1.43. The van der Waals surface area contributed by atoms with E-state index in [1.54, 1.807) is 12.1 Å². The fraction of sp³-hybridized carbons (Fsp3) is 0.182. The molecule has 0 atom stereocenters. The number of methoxy groups -OCH3 is 1. The van der Waals surface area contributed by atoms with Crippen molar-refractivity contribution in [3.8, 4) is 22.9 Å². The maximum Gasteiger partial charge on any atom is 0.254 e. The van der Waals surface area contributed by atoms with Crippen LogP contribution in [0.4, 0.5) is 5.69 Å². The van der Waals surface area contributed by atoms with Gasteiger partial charge in [0.25, 0.3) is 5.88 Å². The number of ether oxygens (including phenoxy) is 1. The molecule has 2 aromatic heterocycles. The lowest BCUT2D eigenvalue weighted by Crippen LogP contribution is -2.36. The predicted octanol–water partition coefficient (Wildman–Crippen LogP) is 4.63. The first-order valence-electron chi connectivity index (χ1n) is 9.50. The van der Waals surface area contributed by atoms with Crippen molar-refractivity contribution in [2.45, 2.75) is 6.42 Å². The third kappa shape index (κ3) is 2.98. The van der Waals surface area contributed by atoms with Crippen molar-refractivity contribution in [3.05, 3.63) is 58.8 Å². The van der Waals surface area contributed by atoms with E-state index < -0.39 is 5.78 Å². The largest absolute Gasteiger partial charge is 0.494 e. The highest BCUT2D eigenvalue weighted by Crippen LogP contribution is 2.38. The van der Waals surface area contributed by atoms with Gasteiger partial charge in [0, 0.05) is 29.7 Å². The molecule has 7 nitrogen and oxygen atoms in total. The molecule has 2 aromatic carbocycles. The van der Waals surface area contributed by atoms with Gasteiger partial charge in [-0.25, -0.2) is 0 Å². The number of H-pyrrole nitrogens is 1. The second kappa shape index (κ2) is 7.11. The second-order valence-electron chi connectivity index (χ2n) is 7.18. The van der Waals surface area contributed by atoms with Crippen molar-refractivity contribution in [2.24, 2.45) is 0 Å². The number of carbonyl (C=O) groups excluding carboxylic acids is 1. The van der Waals surface area contributed by atoms with Crippen molar-refractivity contribution in [1.82, 2.24) is 10.1 Å². The maximum absolute atomic E-state index is 13.0. The van der Waals surface area contributed by atoms with Crippen LogP contribution >= 0.6 is 11.6 Å². The quantitative estimate of drug-likeness (QED) is 0.455. The molecule has 0 aliphatic carbocycles. The van der Waals surface area contributed by atoms with Crippen LogP contribution in [0.1, 0.15) is 22.5 Å². The number of benzene rings is 2. The Morgan fingerprint density at radius 1 is 1.23 bits per heavy atom. The minimum atomic E-state index is -0.504. The van der Waals surface area contributed by atoms with Gasteiger partial charge in [0.05, 0.1) is 29.3 Å². The van der Waals surface area contributed by atoms with Crippen LogP contribution in [0.15, 0.2) is 47.0 Å². The molecule has 0 saturated carbocycles. The molecule has 0 spiro atoms. The molecule has 152 valence electrons. The van der Waals surface area contributed by atoms with Crippen molar-refractivity contribution >= 4 is 34.0 Å². The van der Waals surface area contributed by atoms with Crippen LogP contribution in [-0.2, 0) is 0 Å². The Morgan fingerprint density at radius 2 is 2.00 bits per heavy atom. The van der Waals surface area contributed by atoms with Crippen LogP contribution in [0.3, 0.4) is 0 Å². The summed E-state index contributed by atoms with van der Waals surface area (Å²) in [5.74, 6) is -0.607. The minimum absolute atomic E-state index is 0.0292. The van der Waals surface area contributed by atoms with Crippen LogP contribution in [0.2, 0.25) is 5.02 Å². The van der Waals surface area contributed by atoms with Gasteiger partial charge in [-0.3, -0.25) is 4.79 Å². The van der Waals surface area contributed by atoms with Crippen LogP contribution in [-0.4, -0.2) is 41.2 Å². The molecule has 1 fully saturated rings. The van der Waals surface area contributed by atoms with Crippen LogP contribution in [0.25, 0.3) is 22.0 Å². The summed E-state index contributed by atoms with van der Waals surface area (Å²) in [6.07, 6.45) is 1.22. The number of ketones is 1. The lowest BCUT2D eigenvalue weighted by Gasteiger charge is -2.33. The van der Waals surface area contributed by atoms with E-state index in [1.807, 2.05) is 12.1 Å². The SMILES string of the molecule is COc1cc(C(=O)c2c(O)[nH]c3cc(Cl)c(-c4ccc(N5CCC5)cc4)cc23)on1. The van der Waals surface area contributed by atoms with Gasteiger partial charge in [-0.05, 0) is 41.4 Å². The average Bonchev–Trinajstić information content (AvgIpc) is 3.30. The number of anilines is 1. The lowest BCUT2D eigenvalue weighted by molar-refractivity contribution is 0.0999. The summed E-state index contributed by atoms with van der Waals surface area (Å²) < 4.78 is 10.0. The standard InChI is InChI=1S/C22H18ClN3O4/c1-29-19-11-18(30-25-19)21(27)20-15-9-14(16(23)10-17(15)24-22(20)28)12-3-5-13(6-4-12)26-7-2-8-26/h3-6,9-11,24,28H,2,7-8H2,1H3. The molecule has 30 heavy (non-hydrogen) atoms. The van der Waals surface area contributed by atoms with Gasteiger partial charge >= 0.3 is 0 Å². The monoisotopic (exact) mass is 423 g/mol. The number of aromatic hydroxyl groups is 1. The van der Waals surface area contributed by atoms with E-state index in [2.05, 4.69) is 27.2 Å². The normalized spacial score (nSPS) is 13.5. The first-order chi connectivity index (χ1) is 14.5. The van der Waals surface area contributed by atoms with Gasteiger partial charge in [0.2, 0.25) is 17.4 Å². The topological polar surface area (TPSA) is 91.6 Å². The number of carbonyl (C=O) groups is 1. The van der Waals surface area contributed by atoms with Gasteiger partial charge < -0.3 is 24.3 Å². The van der Waals surface area contributed by atoms with Gasteiger partial charge in [0.15, 0.2) is 0 Å². The zero-order valence-electron chi connectivity index (χ0n) is 16.1. The van der Waals surface area contributed by atoms with E-state index >= 15 is 0 Å². The number of rotatable bonds is 5. The molecule has 0 amide bonds. The van der Waals surface area contributed by atoms with Gasteiger partial charge in [-0.1, -0.05) is 23.7 Å². The van der Waals surface area contributed by atoms with E-state index in [9.17, 15) is 9.90 Å². The summed E-state index contributed by atoms with van der Waals surface area (Å²) in [5.41, 5.74) is 3.51. The fourth-order valence-corrected chi connectivity index (χ4v) is 3.94. The molecule has 3 heterocycles. The number of nitrogens with zero attached hydrogens (tertiary/aromatic N) is 2. The molecule has 1 saturated heterocycles. The number of hydrogen-bond donors (Lipinski definition) is 2. The number of aromatic amines is 1. The van der Waals surface area contributed by atoms with E-state index in [0.29, 0.717) is 15.9 Å². The Hall–Kier alpha value is -3.45. The molecule has 0 unspecified atom stereocenters. The van der Waals surface area contributed by atoms with E-state index in [0.717, 1.165) is 24.2 Å². The Labute approximate surface area is 176 Å². The van der Waals surface area contributed by atoms with Crippen molar-refractivity contribution in [3.63, 3.8) is 0 Å². The molecule has 5 rings (SSSR count). The number of hydrogen-bond acceptors (Lipinski definition) is 6. The number of fused-ring (bicyclic) bond motifs is 1. The van der Waals surface area contributed by atoms with Gasteiger partial charge in [-0.2, -0.15) is 0 Å². The molecule has 0 bridgehead atoms. The van der Waals surface area contributed by atoms with E-state index in [-0.39, 0.29) is 23.1 Å². The highest BCUT2D eigenvalue weighted by Gasteiger charge is 2.25. The average molecular weight is 424 g/mol. The minimum Gasteiger partial charge on any atom is -0.494 e. The summed E-state index contributed by atoms with van der Waals surface area (Å²) >= 11 is 6.52. The van der Waals surface area contributed by atoms with E-state index in [4.69, 9.17) is 20.9 Å². The van der Waals surface area contributed by atoms with E-state index in [1.165, 1.54) is 25.3 Å². The zero-order chi connectivity index (χ0) is 20.8. The van der Waals surface area contributed by atoms with Gasteiger partial charge in [0.1, 0.15) is 0 Å². The third-order valence-electron chi connectivity index (χ3n) is 5.41. The summed E-state index contributed by atoms with van der Waals surface area (Å²) in [4.78, 5) is 18.1. The third-order valence-corrected chi connectivity index (χ3v) is 5.73. The Kier molecular flexibility index (Phi) is 4.40. The Balaban J connectivity index is 1.58. The zero-order valence-corrected chi connectivity index (χ0v) is 16.9. The van der Waals surface area contributed by atoms with Crippen LogP contribution in [0, 0.1) is 0 Å². The molecule has 1 aliphatic heterocycles. The first kappa shape index (κ1) is 18.6. The Morgan fingerprint density at radius 3 is 2.63 bits per heavy atom. The first-order valence-corrected chi connectivity index (χ1v) is 9.88. The molecule has 8 heteroatoms. The van der Waals surface area contributed by atoms with Crippen molar-refractivity contribution < 1.29 is 19.2 Å². The predicted molar refractivity (Wildman–Crippen MR) is 114 cm³/mol. The number of aromatic nitrogens is 2. The number of nitrogens with one attached hydrogen (secondary N) is 1. The summed E-state index contributed by atoms with van der Waals surface area (Å²) in [5, 5.41) is 15.1. The number of halogens is 1. The summed E-state index contributed by atoms with van der Waals surface area (Å²) in [6.45, 7) is 2.15.